The van der Waals surface area contributed by atoms with Gasteiger partial charge in [0.1, 0.15) is 0 Å². The van der Waals surface area contributed by atoms with Gasteiger partial charge in [0.15, 0.2) is 0 Å². The van der Waals surface area contributed by atoms with Crippen molar-refractivity contribution < 1.29 is 29.6 Å². The molecule has 1 aliphatic carbocycles. The maximum atomic E-state index is 5.00. The van der Waals surface area contributed by atoms with Crippen molar-refractivity contribution in [1.82, 2.24) is 0 Å². The minimum Gasteiger partial charge on any atom is -0.789 e. The normalized spacial score (nSPS) is 21.9. The molecule has 0 aromatic carbocycles. The van der Waals surface area contributed by atoms with Crippen molar-refractivity contribution in [1.29, 1.82) is 0 Å². The average molecular weight is 124 g/mol. The summed E-state index contributed by atoms with van der Waals surface area (Å²) in [5.74, 6) is 0. The number of hydrogen-bond acceptors (Lipinski definition) is 1. The molecule has 7 heavy (non-hydrogen) atoms. The van der Waals surface area contributed by atoms with Gasteiger partial charge < -0.3 is 12.6 Å². The second-order valence-corrected chi connectivity index (χ2v) is 2.57. The second-order valence-electron chi connectivity index (χ2n) is 1.91. The van der Waals surface area contributed by atoms with E-state index < -0.39 is 0 Å². The fraction of sp³-hybridized carbons (Fsp3) is 1.00. The van der Waals surface area contributed by atoms with E-state index in [1.165, 1.54) is 25.7 Å². The summed E-state index contributed by atoms with van der Waals surface area (Å²) in [7, 11) is 0. The molecule has 36 valence electrons. The second kappa shape index (κ2) is 4.25. The zero-order chi connectivity index (χ0) is 4.41. The van der Waals surface area contributed by atoms with E-state index in [9.17, 15) is 0 Å². The van der Waals surface area contributed by atoms with Gasteiger partial charge >= 0.3 is 29.6 Å². The van der Waals surface area contributed by atoms with Crippen LogP contribution in [0.4, 0.5) is 0 Å². The van der Waals surface area contributed by atoms with Gasteiger partial charge in [-0.3, -0.25) is 0 Å². The zero-order valence-electron chi connectivity index (χ0n) is 4.81. The zero-order valence-corrected chi connectivity index (χ0v) is 7.63. The third-order valence-corrected chi connectivity index (χ3v) is 1.77. The van der Waals surface area contributed by atoms with Crippen molar-refractivity contribution in [3.05, 3.63) is 0 Å². The van der Waals surface area contributed by atoms with Crippen LogP contribution in [0.1, 0.15) is 25.7 Å². The third kappa shape index (κ3) is 3.02. The quantitative estimate of drug-likeness (QED) is 0.279. The molecule has 0 radical (unpaired) electrons. The first-order chi connectivity index (χ1) is 2.89. The maximum absolute atomic E-state index is 5.00. The van der Waals surface area contributed by atoms with Gasteiger partial charge in [-0.25, -0.2) is 0 Å². The van der Waals surface area contributed by atoms with Crippen LogP contribution in [0, 0.1) is 0 Å². The molecule has 2 heteroatoms. The molecule has 0 unspecified atom stereocenters. The first-order valence-electron chi connectivity index (χ1n) is 2.55. The molecule has 0 saturated heterocycles. The Morgan fingerprint density at radius 2 is 1.57 bits per heavy atom. The molecule has 1 saturated carbocycles. The van der Waals surface area contributed by atoms with Crippen molar-refractivity contribution in [3.8, 4) is 0 Å². The Kier molecular flexibility index (Phi) is 5.07. The molecule has 0 nitrogen and oxygen atoms in total. The summed E-state index contributed by atoms with van der Waals surface area (Å²) in [6.45, 7) is 0. The Bertz CT molecular complexity index is 41.3. The Morgan fingerprint density at radius 1 is 1.14 bits per heavy atom. The summed E-state index contributed by atoms with van der Waals surface area (Å²) in [4.78, 5) is 0. The summed E-state index contributed by atoms with van der Waals surface area (Å²) in [5, 5.41) is 0.630. The van der Waals surface area contributed by atoms with E-state index in [0.717, 1.165) is 0 Å². The van der Waals surface area contributed by atoms with Gasteiger partial charge in [-0.05, 0) is 0 Å². The molecule has 0 spiro atoms. The van der Waals surface area contributed by atoms with Crippen LogP contribution in [0.5, 0.6) is 0 Å². The topological polar surface area (TPSA) is 0 Å². The first-order valence-corrected chi connectivity index (χ1v) is 3.02. The molecule has 0 aromatic heterocycles. The van der Waals surface area contributed by atoms with E-state index in [2.05, 4.69) is 0 Å². The van der Waals surface area contributed by atoms with E-state index in [1.54, 1.807) is 0 Å². The van der Waals surface area contributed by atoms with Crippen molar-refractivity contribution in [2.24, 2.45) is 0 Å². The van der Waals surface area contributed by atoms with E-state index in [0.29, 0.717) is 5.25 Å². The third-order valence-electron chi connectivity index (χ3n) is 1.30. The van der Waals surface area contributed by atoms with Crippen LogP contribution < -0.4 is 29.6 Å². The minimum absolute atomic E-state index is 0. The standard InChI is InChI=1S/C5H10S.Na/c6-5-3-1-2-4-5;/h5-6H,1-4H2;/q;+1/p-1. The molecule has 0 aromatic rings. The van der Waals surface area contributed by atoms with Gasteiger partial charge in [0.25, 0.3) is 0 Å². The molecule has 0 atom stereocenters. The Labute approximate surface area is 72.8 Å². The number of hydrogen-bond donors (Lipinski definition) is 0. The minimum atomic E-state index is 0. The smallest absolute Gasteiger partial charge is 0.789 e. The Balaban J connectivity index is 0.000000360. The molecular formula is C5H9NaS. The predicted octanol–water partition coefficient (Wildman–Crippen LogP) is -1.52. The van der Waals surface area contributed by atoms with Gasteiger partial charge in [0.05, 0.1) is 0 Å². The van der Waals surface area contributed by atoms with Crippen LogP contribution in [0.3, 0.4) is 0 Å². The van der Waals surface area contributed by atoms with E-state index in [-0.39, 0.29) is 29.6 Å². The van der Waals surface area contributed by atoms with Crippen molar-refractivity contribution >= 4 is 12.6 Å². The number of rotatable bonds is 0. The summed E-state index contributed by atoms with van der Waals surface area (Å²) < 4.78 is 0. The first kappa shape index (κ1) is 8.35. The average Bonchev–Trinajstić information content (AvgIpc) is 1.86. The van der Waals surface area contributed by atoms with Crippen LogP contribution in [-0.2, 0) is 12.6 Å². The monoisotopic (exact) mass is 124 g/mol. The van der Waals surface area contributed by atoms with Gasteiger partial charge in [-0.2, -0.15) is 5.25 Å². The van der Waals surface area contributed by atoms with Crippen molar-refractivity contribution in [2.45, 2.75) is 30.9 Å². The molecule has 1 rings (SSSR count). The molecule has 1 aliphatic rings. The van der Waals surface area contributed by atoms with Gasteiger partial charge in [-0.15, -0.1) is 0 Å². The van der Waals surface area contributed by atoms with Crippen molar-refractivity contribution in [2.75, 3.05) is 0 Å². The van der Waals surface area contributed by atoms with Gasteiger partial charge in [0, 0.05) is 0 Å². The summed E-state index contributed by atoms with van der Waals surface area (Å²) in [6, 6.07) is 0. The molecular weight excluding hydrogens is 115 g/mol. The molecule has 0 aliphatic heterocycles. The van der Waals surface area contributed by atoms with Crippen LogP contribution >= 0.6 is 0 Å². The van der Waals surface area contributed by atoms with E-state index in [1.807, 2.05) is 0 Å². The Morgan fingerprint density at radius 3 is 1.71 bits per heavy atom. The van der Waals surface area contributed by atoms with Crippen LogP contribution in [0.25, 0.3) is 0 Å². The Hall–Kier alpha value is 1.35. The molecule has 0 heterocycles. The molecule has 1 fully saturated rings. The van der Waals surface area contributed by atoms with Gasteiger partial charge in [0.2, 0.25) is 0 Å². The maximum Gasteiger partial charge on any atom is 1.00 e. The van der Waals surface area contributed by atoms with Crippen LogP contribution in [0.15, 0.2) is 0 Å². The van der Waals surface area contributed by atoms with Crippen molar-refractivity contribution in [3.63, 3.8) is 0 Å². The fourth-order valence-corrected chi connectivity index (χ4v) is 1.22. The SMILES string of the molecule is [Na+].[S-]C1CCCC1. The summed E-state index contributed by atoms with van der Waals surface area (Å²) >= 11 is 5.00. The predicted molar refractivity (Wildman–Crippen MR) is 29.6 cm³/mol. The fourth-order valence-electron chi connectivity index (χ4n) is 0.888. The summed E-state index contributed by atoms with van der Waals surface area (Å²) in [5.41, 5.74) is 0. The van der Waals surface area contributed by atoms with Gasteiger partial charge in [-0.1, -0.05) is 25.7 Å². The molecule has 0 N–H and O–H groups in total. The van der Waals surface area contributed by atoms with Crippen LogP contribution in [0.2, 0.25) is 0 Å². The van der Waals surface area contributed by atoms with Crippen LogP contribution in [-0.4, -0.2) is 5.25 Å². The molecule has 0 bridgehead atoms. The van der Waals surface area contributed by atoms with E-state index >= 15 is 0 Å². The molecule has 0 amide bonds. The summed E-state index contributed by atoms with van der Waals surface area (Å²) in [6.07, 6.45) is 5.37. The largest absolute Gasteiger partial charge is 1.00 e. The van der Waals surface area contributed by atoms with E-state index in [4.69, 9.17) is 12.6 Å².